The minimum Gasteiger partial charge on any atom is -0.378 e. The Bertz CT molecular complexity index is 1040. The maximum absolute atomic E-state index is 13.6. The summed E-state index contributed by atoms with van der Waals surface area (Å²) in [7, 11) is 4.20. The molecule has 1 aromatic heterocycles. The highest BCUT2D eigenvalue weighted by atomic mass is 16.5. The van der Waals surface area contributed by atoms with Crippen LogP contribution in [0.4, 0.5) is 11.9 Å². The molecule has 2 aromatic rings. The van der Waals surface area contributed by atoms with E-state index in [2.05, 4.69) is 47.9 Å². The molecule has 3 aliphatic rings. The van der Waals surface area contributed by atoms with Crippen LogP contribution in [0.3, 0.4) is 0 Å². The number of anilines is 2. The quantitative estimate of drug-likeness (QED) is 0.618. The first-order chi connectivity index (χ1) is 16.5. The van der Waals surface area contributed by atoms with Gasteiger partial charge in [0.2, 0.25) is 11.9 Å². The summed E-state index contributed by atoms with van der Waals surface area (Å²) >= 11 is 0. The normalized spacial score (nSPS) is 19.5. The van der Waals surface area contributed by atoms with Gasteiger partial charge >= 0.3 is 0 Å². The van der Waals surface area contributed by atoms with Crippen molar-refractivity contribution in [2.45, 2.75) is 26.4 Å². The predicted molar refractivity (Wildman–Crippen MR) is 132 cm³/mol. The highest BCUT2D eigenvalue weighted by Crippen LogP contribution is 2.35. The molecule has 0 bridgehead atoms. The van der Waals surface area contributed by atoms with Crippen molar-refractivity contribution in [2.75, 3.05) is 69.8 Å². The first-order valence-corrected chi connectivity index (χ1v) is 12.2. The zero-order chi connectivity index (χ0) is 23.7. The van der Waals surface area contributed by atoms with Crippen molar-refractivity contribution in [3.05, 3.63) is 47.2 Å². The number of carbonyl (C=O) groups is 1. The number of fused-ring (bicyclic) bond motifs is 1. The second-order valence-electron chi connectivity index (χ2n) is 9.83. The largest absolute Gasteiger partial charge is 0.378 e. The summed E-state index contributed by atoms with van der Waals surface area (Å²) in [6, 6.07) is 10.2. The van der Waals surface area contributed by atoms with E-state index in [1.165, 1.54) is 0 Å². The predicted octanol–water partition coefficient (Wildman–Crippen LogP) is 1.82. The van der Waals surface area contributed by atoms with Crippen LogP contribution in [-0.4, -0.2) is 90.5 Å². The van der Waals surface area contributed by atoms with Crippen molar-refractivity contribution in [1.29, 1.82) is 0 Å². The molecule has 1 amide bonds. The Morgan fingerprint density at radius 2 is 1.88 bits per heavy atom. The molecule has 0 spiro atoms. The van der Waals surface area contributed by atoms with Gasteiger partial charge in [-0.3, -0.25) is 4.79 Å². The van der Waals surface area contributed by atoms with Crippen molar-refractivity contribution in [1.82, 2.24) is 24.6 Å². The summed E-state index contributed by atoms with van der Waals surface area (Å²) in [5.41, 5.74) is 3.13. The Kier molecular flexibility index (Phi) is 6.56. The summed E-state index contributed by atoms with van der Waals surface area (Å²) in [5, 5.41) is 4.85. The minimum absolute atomic E-state index is 0.115. The van der Waals surface area contributed by atoms with E-state index in [-0.39, 0.29) is 5.91 Å². The fourth-order valence-electron chi connectivity index (χ4n) is 5.20. The number of hydrogen-bond acceptors (Lipinski definition) is 7. The number of ether oxygens (including phenoxy) is 1. The van der Waals surface area contributed by atoms with E-state index in [4.69, 9.17) is 14.8 Å². The van der Waals surface area contributed by atoms with Gasteiger partial charge in [0.1, 0.15) is 0 Å². The molecule has 9 nitrogen and oxygen atoms in total. The van der Waals surface area contributed by atoms with Crippen LogP contribution in [0.1, 0.15) is 18.9 Å². The SMILES string of the molecule is CC(CN(C)C)CN1C2=C(Cn3nc(N4CCOCC4)nc31)C(=O)N(Cc1ccccc1)CC2. The molecule has 0 aliphatic carbocycles. The van der Waals surface area contributed by atoms with Gasteiger partial charge in [0, 0.05) is 51.4 Å². The molecule has 0 N–H and O–H groups in total. The topological polar surface area (TPSA) is 70.0 Å². The van der Waals surface area contributed by atoms with Crippen molar-refractivity contribution in [2.24, 2.45) is 5.92 Å². The maximum atomic E-state index is 13.6. The minimum atomic E-state index is 0.115. The zero-order valence-electron chi connectivity index (χ0n) is 20.5. The number of hydrogen-bond donors (Lipinski definition) is 0. The first-order valence-electron chi connectivity index (χ1n) is 12.2. The third kappa shape index (κ3) is 4.67. The Labute approximate surface area is 201 Å². The number of amides is 1. The Morgan fingerprint density at radius 3 is 2.62 bits per heavy atom. The fraction of sp³-hybridized carbons (Fsp3) is 0.560. The van der Waals surface area contributed by atoms with Gasteiger partial charge < -0.3 is 24.3 Å². The van der Waals surface area contributed by atoms with Crippen LogP contribution in [0.2, 0.25) is 0 Å². The van der Waals surface area contributed by atoms with Gasteiger partial charge in [0.25, 0.3) is 5.91 Å². The van der Waals surface area contributed by atoms with E-state index >= 15 is 0 Å². The van der Waals surface area contributed by atoms with Crippen LogP contribution in [-0.2, 0) is 22.6 Å². The fourth-order valence-corrected chi connectivity index (χ4v) is 5.20. The molecule has 1 atom stereocenters. The van der Waals surface area contributed by atoms with Gasteiger partial charge in [-0.2, -0.15) is 4.98 Å². The molecule has 34 heavy (non-hydrogen) atoms. The van der Waals surface area contributed by atoms with Crippen molar-refractivity contribution >= 4 is 17.8 Å². The Hall–Kier alpha value is -2.91. The number of rotatable bonds is 7. The number of morpholine rings is 1. The number of carbonyl (C=O) groups excluding carboxylic acids is 1. The van der Waals surface area contributed by atoms with Crippen LogP contribution < -0.4 is 9.80 Å². The third-order valence-corrected chi connectivity index (χ3v) is 6.71. The third-order valence-electron chi connectivity index (χ3n) is 6.71. The molecule has 4 heterocycles. The van der Waals surface area contributed by atoms with Gasteiger partial charge in [0.15, 0.2) is 0 Å². The van der Waals surface area contributed by atoms with E-state index in [0.717, 1.165) is 67.9 Å². The molecule has 0 radical (unpaired) electrons. The maximum Gasteiger partial charge on any atom is 0.253 e. The molecule has 1 unspecified atom stereocenters. The second-order valence-corrected chi connectivity index (χ2v) is 9.83. The summed E-state index contributed by atoms with van der Waals surface area (Å²) < 4.78 is 7.43. The van der Waals surface area contributed by atoms with E-state index in [0.29, 0.717) is 32.2 Å². The average molecular weight is 466 g/mol. The highest BCUT2D eigenvalue weighted by molar-refractivity contribution is 5.96. The average Bonchev–Trinajstić information content (AvgIpc) is 3.26. The molecule has 1 saturated heterocycles. The lowest BCUT2D eigenvalue weighted by Gasteiger charge is -2.39. The first kappa shape index (κ1) is 22.9. The molecule has 0 saturated carbocycles. The molecular weight excluding hydrogens is 430 g/mol. The van der Waals surface area contributed by atoms with E-state index in [1.807, 2.05) is 27.8 Å². The highest BCUT2D eigenvalue weighted by Gasteiger charge is 2.37. The molecule has 1 aromatic carbocycles. The zero-order valence-corrected chi connectivity index (χ0v) is 20.5. The standard InChI is InChI=1S/C25H35N7O2/c1-19(15-28(2)3)16-31-22-9-10-30(17-20-7-5-4-6-8-20)23(33)21(22)18-32-25(31)26-24(27-32)29-11-13-34-14-12-29/h4-8,19H,9-18H2,1-3H3. The van der Waals surface area contributed by atoms with Crippen LogP contribution in [0.15, 0.2) is 41.6 Å². The van der Waals surface area contributed by atoms with Gasteiger partial charge in [-0.05, 0) is 25.6 Å². The molecule has 9 heteroatoms. The van der Waals surface area contributed by atoms with Gasteiger partial charge in [-0.25, -0.2) is 4.68 Å². The van der Waals surface area contributed by atoms with E-state index in [9.17, 15) is 4.79 Å². The van der Waals surface area contributed by atoms with E-state index < -0.39 is 0 Å². The molecule has 182 valence electrons. The monoisotopic (exact) mass is 465 g/mol. The Morgan fingerprint density at radius 1 is 1.12 bits per heavy atom. The lowest BCUT2D eigenvalue weighted by molar-refractivity contribution is -0.128. The molecule has 1 fully saturated rings. The van der Waals surface area contributed by atoms with Crippen LogP contribution in [0, 0.1) is 5.92 Å². The van der Waals surface area contributed by atoms with Crippen LogP contribution in [0.25, 0.3) is 0 Å². The smallest absolute Gasteiger partial charge is 0.253 e. The van der Waals surface area contributed by atoms with Gasteiger partial charge in [-0.1, -0.05) is 37.3 Å². The lowest BCUT2D eigenvalue weighted by Crippen LogP contribution is -2.46. The second kappa shape index (κ2) is 9.76. The lowest BCUT2D eigenvalue weighted by atomic mass is 10.00. The van der Waals surface area contributed by atoms with Crippen LogP contribution in [0.5, 0.6) is 0 Å². The number of nitrogens with zero attached hydrogens (tertiary/aromatic N) is 7. The van der Waals surface area contributed by atoms with Crippen molar-refractivity contribution in [3.63, 3.8) is 0 Å². The Balaban J connectivity index is 1.44. The molecule has 3 aliphatic heterocycles. The number of benzene rings is 1. The summed E-state index contributed by atoms with van der Waals surface area (Å²) in [6.07, 6.45) is 0.836. The summed E-state index contributed by atoms with van der Waals surface area (Å²) in [5.74, 6) is 2.12. The van der Waals surface area contributed by atoms with Crippen LogP contribution >= 0.6 is 0 Å². The van der Waals surface area contributed by atoms with Gasteiger partial charge in [0.05, 0.1) is 25.3 Å². The van der Waals surface area contributed by atoms with Crippen molar-refractivity contribution < 1.29 is 9.53 Å². The van der Waals surface area contributed by atoms with Crippen molar-refractivity contribution in [3.8, 4) is 0 Å². The molecule has 5 rings (SSSR count). The van der Waals surface area contributed by atoms with E-state index in [1.54, 1.807) is 0 Å². The molecular formula is C25H35N7O2. The summed E-state index contributed by atoms with van der Waals surface area (Å²) in [6.45, 7) is 8.82. The van der Waals surface area contributed by atoms with Gasteiger partial charge in [-0.15, -0.1) is 5.10 Å². The number of aromatic nitrogens is 3. The summed E-state index contributed by atoms with van der Waals surface area (Å²) in [4.78, 5) is 27.2.